The van der Waals surface area contributed by atoms with Crippen LogP contribution in [-0.2, 0) is 14.6 Å². The molecule has 0 aromatic heterocycles. The van der Waals surface area contributed by atoms with Gasteiger partial charge >= 0.3 is 0 Å². The zero-order valence-corrected chi connectivity index (χ0v) is 17.2. The lowest BCUT2D eigenvalue weighted by Gasteiger charge is -2.23. The quantitative estimate of drug-likeness (QED) is 0.715. The summed E-state index contributed by atoms with van der Waals surface area (Å²) in [5, 5.41) is 3.00. The van der Waals surface area contributed by atoms with Gasteiger partial charge in [0, 0.05) is 6.42 Å². The van der Waals surface area contributed by atoms with Crippen LogP contribution in [0.3, 0.4) is 0 Å². The Hall–Kier alpha value is -1.36. The molecule has 0 aliphatic heterocycles. The Labute approximate surface area is 153 Å². The number of sulfone groups is 1. The van der Waals surface area contributed by atoms with Gasteiger partial charge in [-0.25, -0.2) is 8.42 Å². The van der Waals surface area contributed by atoms with Gasteiger partial charge < -0.3 is 5.32 Å². The molecule has 1 N–H and O–H groups in total. The fourth-order valence-corrected chi connectivity index (χ4v) is 4.49. The van der Waals surface area contributed by atoms with Crippen LogP contribution in [0.4, 0.5) is 0 Å². The summed E-state index contributed by atoms with van der Waals surface area (Å²) < 4.78 is 23.9. The Kier molecular flexibility index (Phi) is 8.13. The van der Waals surface area contributed by atoms with Crippen molar-refractivity contribution in [1.82, 2.24) is 5.32 Å². The fraction of sp³-hybridized carbons (Fsp3) is 0.650. The maximum atomic E-state index is 12.3. The third-order valence-electron chi connectivity index (χ3n) is 4.17. The summed E-state index contributed by atoms with van der Waals surface area (Å²) in [5.74, 6) is 0.599. The lowest BCUT2D eigenvalue weighted by molar-refractivity contribution is -0.121. The number of carbonyl (C=O) groups excluding carboxylic acids is 1. The monoisotopic (exact) mass is 367 g/mol. The van der Waals surface area contributed by atoms with Crippen molar-refractivity contribution in [3.63, 3.8) is 0 Å². The standard InChI is InChI=1S/C20H33NO3S/c1-14(2)13-25(23,24)12-11-19(22)21-20(16(5)6)18-9-7-17(8-10-18)15(3)4/h7-10,14-16,20H,11-13H2,1-6H3,(H,21,22)/t20-/m1/s1. The van der Waals surface area contributed by atoms with Crippen LogP contribution in [0.5, 0.6) is 0 Å². The van der Waals surface area contributed by atoms with Gasteiger partial charge in [0.05, 0.1) is 17.5 Å². The molecule has 0 saturated heterocycles. The van der Waals surface area contributed by atoms with Gasteiger partial charge in [-0.1, -0.05) is 65.8 Å². The highest BCUT2D eigenvalue weighted by Gasteiger charge is 2.20. The highest BCUT2D eigenvalue weighted by atomic mass is 32.2. The molecule has 0 fully saturated rings. The molecule has 0 heterocycles. The number of carbonyl (C=O) groups is 1. The second-order valence-corrected chi connectivity index (χ2v) is 10.1. The van der Waals surface area contributed by atoms with Gasteiger partial charge in [0.15, 0.2) is 9.84 Å². The van der Waals surface area contributed by atoms with E-state index >= 15 is 0 Å². The minimum absolute atomic E-state index is 0.0162. The van der Waals surface area contributed by atoms with Crippen molar-refractivity contribution in [2.75, 3.05) is 11.5 Å². The first-order valence-corrected chi connectivity index (χ1v) is 10.9. The average Bonchev–Trinajstić information content (AvgIpc) is 2.49. The van der Waals surface area contributed by atoms with Crippen LogP contribution in [0, 0.1) is 11.8 Å². The molecule has 5 heteroatoms. The second kappa shape index (κ2) is 9.37. The maximum absolute atomic E-state index is 12.3. The molecule has 4 nitrogen and oxygen atoms in total. The SMILES string of the molecule is CC(C)CS(=O)(=O)CCC(=O)N[C@@H](c1ccc(C(C)C)cc1)C(C)C. The molecule has 0 radical (unpaired) electrons. The van der Waals surface area contributed by atoms with Gasteiger partial charge in [-0.05, 0) is 28.9 Å². The highest BCUT2D eigenvalue weighted by Crippen LogP contribution is 2.24. The van der Waals surface area contributed by atoms with Crippen LogP contribution in [-0.4, -0.2) is 25.8 Å². The number of nitrogens with one attached hydrogen (secondary N) is 1. The second-order valence-electron chi connectivity index (χ2n) is 7.87. The van der Waals surface area contributed by atoms with E-state index in [1.165, 1.54) is 5.56 Å². The molecule has 142 valence electrons. The van der Waals surface area contributed by atoms with E-state index in [0.29, 0.717) is 5.92 Å². The summed E-state index contributed by atoms with van der Waals surface area (Å²) in [5.41, 5.74) is 2.31. The van der Waals surface area contributed by atoms with Gasteiger partial charge in [0.25, 0.3) is 0 Å². The van der Waals surface area contributed by atoms with Gasteiger partial charge in [0.2, 0.25) is 5.91 Å². The van der Waals surface area contributed by atoms with Crippen LogP contribution < -0.4 is 5.32 Å². The Morgan fingerprint density at radius 2 is 1.48 bits per heavy atom. The first-order valence-electron chi connectivity index (χ1n) is 9.11. The Balaban J connectivity index is 2.73. The average molecular weight is 368 g/mol. The largest absolute Gasteiger partial charge is 0.349 e. The van der Waals surface area contributed by atoms with E-state index in [0.717, 1.165) is 5.56 Å². The Bertz CT molecular complexity index is 646. The molecular formula is C20H33NO3S. The van der Waals surface area contributed by atoms with E-state index in [9.17, 15) is 13.2 Å². The van der Waals surface area contributed by atoms with Crippen LogP contribution in [0.1, 0.15) is 71.0 Å². The van der Waals surface area contributed by atoms with Crippen molar-refractivity contribution >= 4 is 15.7 Å². The van der Waals surface area contributed by atoms with Gasteiger partial charge in [-0.2, -0.15) is 0 Å². The number of amides is 1. The predicted molar refractivity (Wildman–Crippen MR) is 104 cm³/mol. The summed E-state index contributed by atoms with van der Waals surface area (Å²) >= 11 is 0. The summed E-state index contributed by atoms with van der Waals surface area (Å²) in [4.78, 5) is 12.3. The van der Waals surface area contributed by atoms with E-state index in [-0.39, 0.29) is 41.7 Å². The van der Waals surface area contributed by atoms with Gasteiger partial charge in [0.1, 0.15) is 0 Å². The van der Waals surface area contributed by atoms with Crippen molar-refractivity contribution in [2.24, 2.45) is 11.8 Å². The molecule has 0 bridgehead atoms. The highest BCUT2D eigenvalue weighted by molar-refractivity contribution is 7.91. The zero-order chi connectivity index (χ0) is 19.2. The van der Waals surface area contributed by atoms with E-state index in [1.54, 1.807) is 0 Å². The molecule has 1 rings (SSSR count). The molecule has 1 aromatic rings. The van der Waals surface area contributed by atoms with Crippen molar-refractivity contribution in [3.05, 3.63) is 35.4 Å². The summed E-state index contributed by atoms with van der Waals surface area (Å²) in [7, 11) is -3.17. The summed E-state index contributed by atoms with van der Waals surface area (Å²) in [6.07, 6.45) is 0.0162. The van der Waals surface area contributed by atoms with Crippen LogP contribution in [0.15, 0.2) is 24.3 Å². The molecule has 1 amide bonds. The van der Waals surface area contributed by atoms with Crippen molar-refractivity contribution in [2.45, 2.75) is 59.9 Å². The summed E-state index contributed by atoms with van der Waals surface area (Å²) in [6, 6.07) is 8.18. The topological polar surface area (TPSA) is 63.2 Å². The smallest absolute Gasteiger partial charge is 0.221 e. The van der Waals surface area contributed by atoms with E-state index in [2.05, 4.69) is 57.3 Å². The minimum Gasteiger partial charge on any atom is -0.349 e. The number of hydrogen-bond donors (Lipinski definition) is 1. The Morgan fingerprint density at radius 3 is 1.92 bits per heavy atom. The molecule has 25 heavy (non-hydrogen) atoms. The molecule has 0 saturated carbocycles. The first-order chi connectivity index (χ1) is 11.5. The normalized spacial score (nSPS) is 13.5. The van der Waals surface area contributed by atoms with Gasteiger partial charge in [-0.15, -0.1) is 0 Å². The fourth-order valence-electron chi connectivity index (χ4n) is 2.81. The maximum Gasteiger partial charge on any atom is 0.221 e. The van der Waals surface area contributed by atoms with Crippen LogP contribution in [0.25, 0.3) is 0 Å². The van der Waals surface area contributed by atoms with Crippen LogP contribution in [0.2, 0.25) is 0 Å². The number of benzene rings is 1. The van der Waals surface area contributed by atoms with E-state index < -0.39 is 9.84 Å². The third-order valence-corrected chi connectivity index (χ3v) is 6.17. The number of rotatable bonds is 9. The Morgan fingerprint density at radius 1 is 0.960 bits per heavy atom. The zero-order valence-electron chi connectivity index (χ0n) is 16.4. The van der Waals surface area contributed by atoms with E-state index in [1.807, 2.05) is 13.8 Å². The van der Waals surface area contributed by atoms with Crippen molar-refractivity contribution < 1.29 is 13.2 Å². The molecule has 0 spiro atoms. The van der Waals surface area contributed by atoms with Crippen LogP contribution >= 0.6 is 0 Å². The first kappa shape index (κ1) is 21.7. The molecule has 1 aromatic carbocycles. The van der Waals surface area contributed by atoms with E-state index in [4.69, 9.17) is 0 Å². The number of hydrogen-bond acceptors (Lipinski definition) is 3. The molecule has 0 unspecified atom stereocenters. The third kappa shape index (κ3) is 7.59. The van der Waals surface area contributed by atoms with Crippen molar-refractivity contribution in [3.8, 4) is 0 Å². The predicted octanol–water partition coefficient (Wildman–Crippen LogP) is 4.08. The summed E-state index contributed by atoms with van der Waals surface area (Å²) in [6.45, 7) is 12.1. The lowest BCUT2D eigenvalue weighted by atomic mass is 9.93. The van der Waals surface area contributed by atoms with Crippen molar-refractivity contribution in [1.29, 1.82) is 0 Å². The molecular weight excluding hydrogens is 334 g/mol. The molecule has 0 aliphatic carbocycles. The molecule has 0 aliphatic rings. The molecule has 1 atom stereocenters. The van der Waals surface area contributed by atoms with Gasteiger partial charge in [-0.3, -0.25) is 4.79 Å². The lowest BCUT2D eigenvalue weighted by Crippen LogP contribution is -2.33. The minimum atomic E-state index is -3.17.